The molecule has 0 aliphatic rings. The van der Waals surface area contributed by atoms with Gasteiger partial charge >= 0.3 is 0 Å². The molecular weight excluding hydrogens is 248 g/mol. The molecule has 0 N–H and O–H groups in total. The van der Waals surface area contributed by atoms with Crippen LogP contribution in [0.1, 0.15) is 56.3 Å². The molecule has 1 atom stereocenters. The second-order valence-electron chi connectivity index (χ2n) is 4.58. The van der Waals surface area contributed by atoms with Gasteiger partial charge in [0.2, 0.25) is 0 Å². The average Bonchev–Trinajstić information content (AvgIpc) is 2.35. The van der Waals surface area contributed by atoms with E-state index in [1.165, 1.54) is 25.7 Å². The minimum atomic E-state index is 0.181. The normalized spacial score (nSPS) is 12.2. The van der Waals surface area contributed by atoms with Crippen LogP contribution in [0.5, 0.6) is 5.75 Å². The van der Waals surface area contributed by atoms with E-state index in [1.54, 1.807) is 18.2 Å². The van der Waals surface area contributed by atoms with Crippen LogP contribution in [0.15, 0.2) is 18.2 Å². The molecule has 0 bridgehead atoms. The van der Waals surface area contributed by atoms with Gasteiger partial charge in [-0.2, -0.15) is 0 Å². The Kier molecular flexibility index (Phi) is 6.81. The van der Waals surface area contributed by atoms with Crippen molar-refractivity contribution in [3.05, 3.63) is 28.8 Å². The molecule has 100 valence electrons. The Labute approximate surface area is 114 Å². The Bertz CT molecular complexity index is 377. The number of hydrogen-bond donors (Lipinski definition) is 0. The SMILES string of the molecule is CCCCCCC(C)Oc1ccc(C=O)c(Cl)c1. The molecule has 0 saturated carbocycles. The number of rotatable bonds is 8. The largest absolute Gasteiger partial charge is 0.491 e. The zero-order chi connectivity index (χ0) is 13.4. The first-order chi connectivity index (χ1) is 8.67. The van der Waals surface area contributed by atoms with E-state index in [9.17, 15) is 4.79 Å². The molecule has 1 aromatic carbocycles. The number of ether oxygens (including phenoxy) is 1. The molecule has 1 unspecified atom stereocenters. The molecule has 0 saturated heterocycles. The summed E-state index contributed by atoms with van der Waals surface area (Å²) in [5.41, 5.74) is 0.500. The fraction of sp³-hybridized carbons (Fsp3) is 0.533. The van der Waals surface area contributed by atoms with Crippen molar-refractivity contribution in [3.8, 4) is 5.75 Å². The third-order valence-electron chi connectivity index (χ3n) is 2.90. The Balaban J connectivity index is 2.41. The molecule has 0 heterocycles. The highest BCUT2D eigenvalue weighted by Gasteiger charge is 2.06. The first kappa shape index (κ1) is 15.0. The fourth-order valence-electron chi connectivity index (χ4n) is 1.83. The van der Waals surface area contributed by atoms with Crippen LogP contribution in [0.25, 0.3) is 0 Å². The summed E-state index contributed by atoms with van der Waals surface area (Å²) in [7, 11) is 0. The van der Waals surface area contributed by atoms with Crippen LogP contribution in [0.2, 0.25) is 5.02 Å². The molecular formula is C15H21ClO2. The lowest BCUT2D eigenvalue weighted by molar-refractivity contribution is 0.112. The summed E-state index contributed by atoms with van der Waals surface area (Å²) in [6, 6.07) is 5.18. The molecule has 0 spiro atoms. The second-order valence-corrected chi connectivity index (χ2v) is 4.99. The quantitative estimate of drug-likeness (QED) is 0.496. The van der Waals surface area contributed by atoms with Gasteiger partial charge < -0.3 is 4.74 Å². The predicted molar refractivity (Wildman–Crippen MR) is 75.7 cm³/mol. The van der Waals surface area contributed by atoms with Gasteiger partial charge in [0.1, 0.15) is 5.75 Å². The Morgan fingerprint density at radius 2 is 2.11 bits per heavy atom. The van der Waals surface area contributed by atoms with Crippen LogP contribution >= 0.6 is 11.6 Å². The van der Waals surface area contributed by atoms with Crippen molar-refractivity contribution in [3.63, 3.8) is 0 Å². The van der Waals surface area contributed by atoms with E-state index in [1.807, 2.05) is 0 Å². The van der Waals surface area contributed by atoms with E-state index in [0.29, 0.717) is 10.6 Å². The summed E-state index contributed by atoms with van der Waals surface area (Å²) in [4.78, 5) is 10.6. The zero-order valence-electron chi connectivity index (χ0n) is 11.1. The molecule has 0 amide bonds. The molecule has 0 aliphatic carbocycles. The second kappa shape index (κ2) is 8.15. The van der Waals surface area contributed by atoms with Crippen molar-refractivity contribution in [2.45, 2.75) is 52.1 Å². The number of unbranched alkanes of at least 4 members (excludes halogenated alkanes) is 3. The fourth-order valence-corrected chi connectivity index (χ4v) is 2.04. The van der Waals surface area contributed by atoms with Gasteiger partial charge in [0, 0.05) is 5.56 Å². The molecule has 0 aliphatic heterocycles. The topological polar surface area (TPSA) is 26.3 Å². The number of hydrogen-bond acceptors (Lipinski definition) is 2. The standard InChI is InChI=1S/C15H21ClO2/c1-3-4-5-6-7-12(2)18-14-9-8-13(11-17)15(16)10-14/h8-12H,3-7H2,1-2H3. The van der Waals surface area contributed by atoms with E-state index in [2.05, 4.69) is 13.8 Å². The minimum absolute atomic E-state index is 0.181. The van der Waals surface area contributed by atoms with Gasteiger partial charge in [-0.1, -0.05) is 37.8 Å². The van der Waals surface area contributed by atoms with Gasteiger partial charge in [-0.25, -0.2) is 0 Å². The van der Waals surface area contributed by atoms with Crippen LogP contribution in [0, 0.1) is 0 Å². The Morgan fingerprint density at radius 3 is 2.72 bits per heavy atom. The van der Waals surface area contributed by atoms with Crippen LogP contribution in [0.4, 0.5) is 0 Å². The van der Waals surface area contributed by atoms with Crippen LogP contribution in [-0.4, -0.2) is 12.4 Å². The molecule has 0 radical (unpaired) electrons. The minimum Gasteiger partial charge on any atom is -0.491 e. The number of carbonyl (C=O) groups is 1. The lowest BCUT2D eigenvalue weighted by atomic mass is 10.1. The van der Waals surface area contributed by atoms with E-state index < -0.39 is 0 Å². The van der Waals surface area contributed by atoms with Crippen molar-refractivity contribution in [2.75, 3.05) is 0 Å². The van der Waals surface area contributed by atoms with Gasteiger partial charge in [0.15, 0.2) is 6.29 Å². The molecule has 2 nitrogen and oxygen atoms in total. The maximum atomic E-state index is 10.6. The number of halogens is 1. The van der Waals surface area contributed by atoms with E-state index >= 15 is 0 Å². The lowest BCUT2D eigenvalue weighted by Crippen LogP contribution is -2.11. The number of benzene rings is 1. The average molecular weight is 269 g/mol. The number of aldehydes is 1. The van der Waals surface area contributed by atoms with Gasteiger partial charge in [-0.15, -0.1) is 0 Å². The summed E-state index contributed by atoms with van der Waals surface area (Å²) in [6.45, 7) is 4.27. The Morgan fingerprint density at radius 1 is 1.33 bits per heavy atom. The molecule has 0 aromatic heterocycles. The molecule has 1 aromatic rings. The van der Waals surface area contributed by atoms with Gasteiger partial charge in [0.05, 0.1) is 11.1 Å². The first-order valence-corrected chi connectivity index (χ1v) is 6.96. The summed E-state index contributed by atoms with van der Waals surface area (Å²) >= 11 is 5.95. The lowest BCUT2D eigenvalue weighted by Gasteiger charge is -2.15. The van der Waals surface area contributed by atoms with Crippen molar-refractivity contribution in [2.24, 2.45) is 0 Å². The zero-order valence-corrected chi connectivity index (χ0v) is 11.9. The summed E-state index contributed by atoms with van der Waals surface area (Å²) in [5, 5.41) is 0.445. The third-order valence-corrected chi connectivity index (χ3v) is 3.23. The predicted octanol–water partition coefficient (Wildman–Crippen LogP) is 4.89. The van der Waals surface area contributed by atoms with Gasteiger partial charge in [-0.3, -0.25) is 4.79 Å². The number of carbonyl (C=O) groups excluding carboxylic acids is 1. The van der Waals surface area contributed by atoms with Gasteiger partial charge in [-0.05, 0) is 38.0 Å². The Hall–Kier alpha value is -1.02. The van der Waals surface area contributed by atoms with Crippen LogP contribution in [0.3, 0.4) is 0 Å². The highest BCUT2D eigenvalue weighted by atomic mass is 35.5. The molecule has 1 rings (SSSR count). The monoisotopic (exact) mass is 268 g/mol. The highest BCUT2D eigenvalue weighted by Crippen LogP contribution is 2.23. The van der Waals surface area contributed by atoms with E-state index in [4.69, 9.17) is 16.3 Å². The van der Waals surface area contributed by atoms with E-state index in [-0.39, 0.29) is 6.10 Å². The van der Waals surface area contributed by atoms with Crippen molar-refractivity contribution in [1.29, 1.82) is 0 Å². The summed E-state index contributed by atoms with van der Waals surface area (Å²) < 4.78 is 5.77. The summed E-state index contributed by atoms with van der Waals surface area (Å²) in [6.07, 6.45) is 6.96. The van der Waals surface area contributed by atoms with E-state index in [0.717, 1.165) is 18.5 Å². The third kappa shape index (κ3) is 5.09. The maximum Gasteiger partial charge on any atom is 0.151 e. The molecule has 0 fully saturated rings. The van der Waals surface area contributed by atoms with Crippen LogP contribution in [-0.2, 0) is 0 Å². The summed E-state index contributed by atoms with van der Waals surface area (Å²) in [5.74, 6) is 0.730. The van der Waals surface area contributed by atoms with Crippen molar-refractivity contribution in [1.82, 2.24) is 0 Å². The van der Waals surface area contributed by atoms with Crippen molar-refractivity contribution < 1.29 is 9.53 Å². The first-order valence-electron chi connectivity index (χ1n) is 6.58. The molecule has 3 heteroatoms. The van der Waals surface area contributed by atoms with Crippen molar-refractivity contribution >= 4 is 17.9 Å². The smallest absolute Gasteiger partial charge is 0.151 e. The maximum absolute atomic E-state index is 10.6. The van der Waals surface area contributed by atoms with Crippen LogP contribution < -0.4 is 4.74 Å². The van der Waals surface area contributed by atoms with Gasteiger partial charge in [0.25, 0.3) is 0 Å². The highest BCUT2D eigenvalue weighted by molar-refractivity contribution is 6.33. The molecule has 18 heavy (non-hydrogen) atoms.